The molecule has 0 bridgehead atoms. The molecule has 3 aromatic rings. The SMILES string of the molecule is CCOC(=O)C1CCN(Cc2ccc(C(=O)NCCCN3CCC(OC(=O)Nc4ccccc4-c4ccccc4)CC3)cc2)CC1. The number of para-hydroxylation sites is 1. The Morgan fingerprint density at radius 1 is 0.804 bits per heavy atom. The number of esters is 1. The van der Waals surface area contributed by atoms with Crippen LogP contribution in [0.2, 0.25) is 0 Å². The lowest BCUT2D eigenvalue weighted by Gasteiger charge is -2.31. The Bertz CT molecular complexity index is 1420. The summed E-state index contributed by atoms with van der Waals surface area (Å²) in [6, 6.07) is 25.5. The monoisotopic (exact) mass is 626 g/mol. The summed E-state index contributed by atoms with van der Waals surface area (Å²) in [5.74, 6) is -0.125. The zero-order valence-electron chi connectivity index (χ0n) is 26.8. The molecule has 46 heavy (non-hydrogen) atoms. The number of piperidine rings is 2. The predicted molar refractivity (Wildman–Crippen MR) is 179 cm³/mol. The molecular weight excluding hydrogens is 580 g/mol. The normalized spacial score (nSPS) is 16.5. The van der Waals surface area contributed by atoms with E-state index in [0.717, 1.165) is 93.8 Å². The van der Waals surface area contributed by atoms with Gasteiger partial charge < -0.3 is 19.7 Å². The summed E-state index contributed by atoms with van der Waals surface area (Å²) in [5.41, 5.74) is 4.55. The smallest absolute Gasteiger partial charge is 0.411 e. The first-order valence-corrected chi connectivity index (χ1v) is 16.6. The summed E-state index contributed by atoms with van der Waals surface area (Å²) in [7, 11) is 0. The van der Waals surface area contributed by atoms with Crippen LogP contribution in [-0.4, -0.2) is 79.7 Å². The fourth-order valence-electron chi connectivity index (χ4n) is 6.22. The second kappa shape index (κ2) is 16.9. The summed E-state index contributed by atoms with van der Waals surface area (Å²) in [4.78, 5) is 42.1. The van der Waals surface area contributed by atoms with Crippen LogP contribution in [0.3, 0.4) is 0 Å². The molecule has 2 N–H and O–H groups in total. The highest BCUT2D eigenvalue weighted by molar-refractivity contribution is 5.94. The number of ether oxygens (including phenoxy) is 2. The number of hydrogen-bond donors (Lipinski definition) is 2. The minimum Gasteiger partial charge on any atom is -0.466 e. The number of hydrogen-bond acceptors (Lipinski definition) is 7. The van der Waals surface area contributed by atoms with E-state index in [1.165, 1.54) is 0 Å². The molecule has 5 rings (SSSR count). The van der Waals surface area contributed by atoms with Crippen molar-refractivity contribution in [1.29, 1.82) is 0 Å². The van der Waals surface area contributed by atoms with Gasteiger partial charge in [-0.1, -0.05) is 60.7 Å². The first-order chi connectivity index (χ1) is 22.5. The maximum Gasteiger partial charge on any atom is 0.411 e. The maximum absolute atomic E-state index is 12.7. The van der Waals surface area contributed by atoms with E-state index in [1.807, 2.05) is 85.8 Å². The van der Waals surface area contributed by atoms with Crippen LogP contribution < -0.4 is 10.6 Å². The van der Waals surface area contributed by atoms with Crippen molar-refractivity contribution in [3.8, 4) is 11.1 Å². The standard InChI is InChI=1S/C37H46N4O5/c1-2-45-36(43)31-17-23-41(24-18-31)27-28-13-15-30(16-14-28)35(42)38-21-8-22-40-25-19-32(20-26-40)46-37(44)39-34-12-7-6-11-33(34)29-9-4-3-5-10-29/h3-7,9-16,31-32H,2,8,17-27H2,1H3,(H,38,42)(H,39,44). The Balaban J connectivity index is 0.952. The Labute approximate surface area is 272 Å². The lowest BCUT2D eigenvalue weighted by Crippen LogP contribution is -2.39. The molecule has 0 radical (unpaired) electrons. The molecule has 0 spiro atoms. The van der Waals surface area contributed by atoms with Crippen LogP contribution in [0.4, 0.5) is 10.5 Å². The van der Waals surface area contributed by atoms with Crippen molar-refractivity contribution in [3.05, 3.63) is 90.0 Å². The van der Waals surface area contributed by atoms with Crippen LogP contribution in [0, 0.1) is 5.92 Å². The number of carbonyl (C=O) groups is 3. The van der Waals surface area contributed by atoms with Crippen LogP contribution >= 0.6 is 0 Å². The van der Waals surface area contributed by atoms with E-state index < -0.39 is 6.09 Å². The van der Waals surface area contributed by atoms with Gasteiger partial charge in [-0.3, -0.25) is 19.8 Å². The van der Waals surface area contributed by atoms with Gasteiger partial charge in [-0.25, -0.2) is 4.79 Å². The molecule has 9 heteroatoms. The van der Waals surface area contributed by atoms with Crippen molar-refractivity contribution in [1.82, 2.24) is 15.1 Å². The van der Waals surface area contributed by atoms with E-state index in [9.17, 15) is 14.4 Å². The molecule has 2 fully saturated rings. The zero-order valence-corrected chi connectivity index (χ0v) is 26.8. The molecular formula is C37H46N4O5. The predicted octanol–water partition coefficient (Wildman–Crippen LogP) is 5.96. The summed E-state index contributed by atoms with van der Waals surface area (Å²) in [6.45, 7) is 8.03. The molecule has 3 aromatic carbocycles. The molecule has 0 aromatic heterocycles. The highest BCUT2D eigenvalue weighted by Gasteiger charge is 2.26. The lowest BCUT2D eigenvalue weighted by molar-refractivity contribution is -0.149. The van der Waals surface area contributed by atoms with Gasteiger partial charge in [0.1, 0.15) is 6.10 Å². The van der Waals surface area contributed by atoms with Crippen molar-refractivity contribution in [2.45, 2.75) is 51.7 Å². The van der Waals surface area contributed by atoms with Gasteiger partial charge in [0, 0.05) is 37.3 Å². The van der Waals surface area contributed by atoms with Crippen LogP contribution in [0.25, 0.3) is 11.1 Å². The molecule has 9 nitrogen and oxygen atoms in total. The third-order valence-electron chi connectivity index (χ3n) is 8.82. The largest absolute Gasteiger partial charge is 0.466 e. The van der Waals surface area contributed by atoms with Crippen molar-refractivity contribution < 1.29 is 23.9 Å². The van der Waals surface area contributed by atoms with Crippen molar-refractivity contribution >= 4 is 23.7 Å². The summed E-state index contributed by atoms with van der Waals surface area (Å²) in [6.07, 6.45) is 3.55. The van der Waals surface area contributed by atoms with E-state index in [0.29, 0.717) is 18.7 Å². The molecule has 2 aliphatic heterocycles. The number of likely N-dealkylation sites (tertiary alicyclic amines) is 2. The van der Waals surface area contributed by atoms with Crippen molar-refractivity contribution in [2.24, 2.45) is 5.92 Å². The van der Waals surface area contributed by atoms with Crippen LogP contribution in [-0.2, 0) is 20.8 Å². The quantitative estimate of drug-likeness (QED) is 0.189. The molecule has 2 heterocycles. The van der Waals surface area contributed by atoms with Gasteiger partial charge in [0.2, 0.25) is 0 Å². The Morgan fingerprint density at radius 2 is 1.48 bits per heavy atom. The van der Waals surface area contributed by atoms with E-state index in [2.05, 4.69) is 20.4 Å². The molecule has 2 aliphatic rings. The molecule has 0 aliphatic carbocycles. The molecule has 2 saturated heterocycles. The third kappa shape index (κ3) is 9.64. The zero-order chi connectivity index (χ0) is 32.1. The van der Waals surface area contributed by atoms with Crippen LogP contribution in [0.15, 0.2) is 78.9 Å². The van der Waals surface area contributed by atoms with Gasteiger partial charge >= 0.3 is 12.1 Å². The van der Waals surface area contributed by atoms with Gasteiger partial charge in [-0.15, -0.1) is 0 Å². The molecule has 244 valence electrons. The fourth-order valence-corrected chi connectivity index (χ4v) is 6.22. The minimum atomic E-state index is -0.423. The molecule has 0 unspecified atom stereocenters. The maximum atomic E-state index is 12.7. The first-order valence-electron chi connectivity index (χ1n) is 16.6. The topological polar surface area (TPSA) is 100 Å². The van der Waals surface area contributed by atoms with Crippen molar-refractivity contribution in [2.75, 3.05) is 51.2 Å². The summed E-state index contributed by atoms with van der Waals surface area (Å²) in [5, 5.41) is 5.97. The summed E-state index contributed by atoms with van der Waals surface area (Å²) >= 11 is 0. The van der Waals surface area contributed by atoms with E-state index in [1.54, 1.807) is 0 Å². The average molecular weight is 627 g/mol. The van der Waals surface area contributed by atoms with Gasteiger partial charge in [0.05, 0.1) is 18.2 Å². The van der Waals surface area contributed by atoms with Crippen LogP contribution in [0.1, 0.15) is 54.9 Å². The average Bonchev–Trinajstić information content (AvgIpc) is 3.09. The number of anilines is 1. The van der Waals surface area contributed by atoms with E-state index >= 15 is 0 Å². The van der Waals surface area contributed by atoms with Gasteiger partial charge in [-0.05, 0) is 88.0 Å². The number of rotatable bonds is 12. The fraction of sp³-hybridized carbons (Fsp3) is 0.432. The highest BCUT2D eigenvalue weighted by Crippen LogP contribution is 2.28. The summed E-state index contributed by atoms with van der Waals surface area (Å²) < 4.78 is 10.9. The highest BCUT2D eigenvalue weighted by atomic mass is 16.6. The Hall–Kier alpha value is -4.21. The number of amides is 2. The second-order valence-electron chi connectivity index (χ2n) is 12.1. The number of carbonyl (C=O) groups excluding carboxylic acids is 3. The molecule has 0 atom stereocenters. The van der Waals surface area contributed by atoms with Crippen molar-refractivity contribution in [3.63, 3.8) is 0 Å². The van der Waals surface area contributed by atoms with Gasteiger partial charge in [0.25, 0.3) is 5.91 Å². The Morgan fingerprint density at radius 3 is 2.20 bits per heavy atom. The van der Waals surface area contributed by atoms with Gasteiger partial charge in [0.15, 0.2) is 0 Å². The molecule has 2 amide bonds. The van der Waals surface area contributed by atoms with Gasteiger partial charge in [-0.2, -0.15) is 0 Å². The minimum absolute atomic E-state index is 0.0103. The number of benzene rings is 3. The van der Waals surface area contributed by atoms with Crippen LogP contribution in [0.5, 0.6) is 0 Å². The lowest BCUT2D eigenvalue weighted by atomic mass is 9.96. The number of nitrogens with zero attached hydrogens (tertiary/aromatic N) is 2. The third-order valence-corrected chi connectivity index (χ3v) is 8.82. The number of nitrogens with one attached hydrogen (secondary N) is 2. The van der Waals surface area contributed by atoms with E-state index in [4.69, 9.17) is 9.47 Å². The molecule has 0 saturated carbocycles. The Kier molecular flexibility index (Phi) is 12.2. The first kappa shape index (κ1) is 33.2. The second-order valence-corrected chi connectivity index (χ2v) is 12.1. The van der Waals surface area contributed by atoms with E-state index in [-0.39, 0.29) is 23.9 Å².